The average molecular weight is 371 g/mol. The van der Waals surface area contributed by atoms with Crippen LogP contribution in [0.25, 0.3) is 0 Å². The van der Waals surface area contributed by atoms with Gasteiger partial charge in [0.15, 0.2) is 0 Å². The van der Waals surface area contributed by atoms with Gasteiger partial charge in [-0.25, -0.2) is 0 Å². The van der Waals surface area contributed by atoms with Gasteiger partial charge in [-0.1, -0.05) is 0 Å². The van der Waals surface area contributed by atoms with Crippen molar-refractivity contribution in [1.82, 2.24) is 14.8 Å². The molecule has 0 unspecified atom stereocenters. The molecule has 1 saturated heterocycles. The fraction of sp³-hybridized carbons (Fsp3) is 0.400. The third kappa shape index (κ3) is 3.77. The molecule has 1 aliphatic heterocycles. The number of hydrogen-bond donors (Lipinski definition) is 1. The van der Waals surface area contributed by atoms with Crippen LogP contribution in [0.4, 0.5) is 0 Å². The maximum absolute atomic E-state index is 13.1. The average Bonchev–Trinajstić information content (AvgIpc) is 3.11. The largest absolute Gasteiger partial charge is 0.496 e. The molecule has 0 atom stereocenters. The van der Waals surface area contributed by atoms with Crippen LogP contribution in [0.15, 0.2) is 30.5 Å². The molecule has 0 bridgehead atoms. The Kier molecular flexibility index (Phi) is 5.69. The molecule has 0 saturated carbocycles. The lowest BCUT2D eigenvalue weighted by Crippen LogP contribution is -2.37. The number of methoxy groups -OCH3 is 2. The number of ether oxygens (including phenoxy) is 2. The summed E-state index contributed by atoms with van der Waals surface area (Å²) in [6, 6.07) is 7.09. The first-order chi connectivity index (χ1) is 13.1. The maximum atomic E-state index is 13.1. The van der Waals surface area contributed by atoms with Crippen molar-refractivity contribution in [1.29, 1.82) is 0 Å². The van der Waals surface area contributed by atoms with Crippen LogP contribution in [0.3, 0.4) is 0 Å². The van der Waals surface area contributed by atoms with Crippen LogP contribution in [0.1, 0.15) is 32.8 Å². The zero-order valence-corrected chi connectivity index (χ0v) is 15.9. The Labute approximate surface area is 158 Å². The van der Waals surface area contributed by atoms with Gasteiger partial charge in [-0.05, 0) is 37.6 Å². The van der Waals surface area contributed by atoms with Crippen molar-refractivity contribution < 1.29 is 19.1 Å². The Morgan fingerprint density at radius 2 is 1.67 bits per heavy atom. The Bertz CT molecular complexity index is 817. The van der Waals surface area contributed by atoms with E-state index < -0.39 is 0 Å². The topological polar surface area (TPSA) is 74.9 Å². The Morgan fingerprint density at radius 1 is 0.963 bits per heavy atom. The second-order valence-electron chi connectivity index (χ2n) is 6.50. The highest BCUT2D eigenvalue weighted by Gasteiger charge is 2.26. The first kappa shape index (κ1) is 18.8. The third-order valence-electron chi connectivity index (χ3n) is 4.91. The fourth-order valence-electron chi connectivity index (χ4n) is 3.45. The van der Waals surface area contributed by atoms with Gasteiger partial charge in [0.1, 0.15) is 17.2 Å². The second kappa shape index (κ2) is 8.16. The van der Waals surface area contributed by atoms with Crippen molar-refractivity contribution in [3.63, 3.8) is 0 Å². The minimum Gasteiger partial charge on any atom is -0.496 e. The lowest BCUT2D eigenvalue weighted by Gasteiger charge is -2.23. The number of aromatic amines is 1. The molecule has 1 aromatic heterocycles. The number of rotatable bonds is 4. The van der Waals surface area contributed by atoms with Crippen molar-refractivity contribution in [3.8, 4) is 11.5 Å². The van der Waals surface area contributed by atoms with Gasteiger partial charge < -0.3 is 24.3 Å². The van der Waals surface area contributed by atoms with E-state index in [0.29, 0.717) is 48.9 Å². The van der Waals surface area contributed by atoms with Gasteiger partial charge in [0.2, 0.25) is 0 Å². The molecule has 7 nitrogen and oxygen atoms in total. The summed E-state index contributed by atoms with van der Waals surface area (Å²) in [6.45, 7) is 4.08. The molecular formula is C20H25N3O4. The summed E-state index contributed by atoms with van der Waals surface area (Å²) in [7, 11) is 3.14. The zero-order chi connectivity index (χ0) is 19.4. The van der Waals surface area contributed by atoms with E-state index in [-0.39, 0.29) is 11.8 Å². The predicted octanol–water partition coefficient (Wildman–Crippen LogP) is 2.33. The third-order valence-corrected chi connectivity index (χ3v) is 4.91. The number of benzene rings is 1. The summed E-state index contributed by atoms with van der Waals surface area (Å²) in [5, 5.41) is 0. The number of nitrogens with zero attached hydrogens (tertiary/aromatic N) is 2. The van der Waals surface area contributed by atoms with Gasteiger partial charge >= 0.3 is 0 Å². The SMILES string of the molecule is COc1ccc(C(=O)N2CCCN(C(=O)c3ccc[nH]3)CC2)c(OC)c1C. The predicted molar refractivity (Wildman–Crippen MR) is 101 cm³/mol. The molecule has 0 aliphatic carbocycles. The lowest BCUT2D eigenvalue weighted by atomic mass is 10.1. The van der Waals surface area contributed by atoms with E-state index in [1.54, 1.807) is 54.5 Å². The number of hydrogen-bond acceptors (Lipinski definition) is 4. The van der Waals surface area contributed by atoms with Crippen LogP contribution in [0, 0.1) is 6.92 Å². The summed E-state index contributed by atoms with van der Waals surface area (Å²) in [6.07, 6.45) is 2.47. The van der Waals surface area contributed by atoms with Gasteiger partial charge in [-0.3, -0.25) is 9.59 Å². The number of nitrogens with one attached hydrogen (secondary N) is 1. The van der Waals surface area contributed by atoms with Crippen LogP contribution in [0.5, 0.6) is 11.5 Å². The minimum absolute atomic E-state index is 0.0350. The van der Waals surface area contributed by atoms with E-state index in [1.165, 1.54) is 0 Å². The number of H-pyrrole nitrogens is 1. The summed E-state index contributed by atoms with van der Waals surface area (Å²) in [4.78, 5) is 32.1. The van der Waals surface area contributed by atoms with Crippen LogP contribution >= 0.6 is 0 Å². The van der Waals surface area contributed by atoms with Gasteiger partial charge in [0, 0.05) is 37.9 Å². The summed E-state index contributed by atoms with van der Waals surface area (Å²) >= 11 is 0. The molecule has 2 heterocycles. The summed E-state index contributed by atoms with van der Waals surface area (Å²) in [5.74, 6) is 1.09. The quantitative estimate of drug-likeness (QED) is 0.895. The van der Waals surface area contributed by atoms with Crippen molar-refractivity contribution >= 4 is 11.8 Å². The van der Waals surface area contributed by atoms with Crippen molar-refractivity contribution in [2.45, 2.75) is 13.3 Å². The van der Waals surface area contributed by atoms with Crippen molar-refractivity contribution in [2.75, 3.05) is 40.4 Å². The Hall–Kier alpha value is -2.96. The van der Waals surface area contributed by atoms with Gasteiger partial charge in [0.25, 0.3) is 11.8 Å². The first-order valence-electron chi connectivity index (χ1n) is 9.00. The van der Waals surface area contributed by atoms with E-state index in [2.05, 4.69) is 4.98 Å². The van der Waals surface area contributed by atoms with Crippen molar-refractivity contribution in [2.24, 2.45) is 0 Å². The molecule has 0 radical (unpaired) electrons. The molecule has 144 valence electrons. The molecule has 1 N–H and O–H groups in total. The highest BCUT2D eigenvalue weighted by atomic mass is 16.5. The molecule has 1 aliphatic rings. The number of carbonyl (C=O) groups is 2. The molecule has 0 spiro atoms. The first-order valence-corrected chi connectivity index (χ1v) is 9.00. The van der Waals surface area contributed by atoms with E-state index in [4.69, 9.17) is 9.47 Å². The van der Waals surface area contributed by atoms with Crippen LogP contribution < -0.4 is 9.47 Å². The second-order valence-corrected chi connectivity index (χ2v) is 6.50. The van der Waals surface area contributed by atoms with Crippen molar-refractivity contribution in [3.05, 3.63) is 47.3 Å². The Morgan fingerprint density at radius 3 is 2.26 bits per heavy atom. The number of aromatic nitrogens is 1. The molecule has 2 amide bonds. The van der Waals surface area contributed by atoms with E-state index >= 15 is 0 Å². The molecule has 2 aromatic rings. The van der Waals surface area contributed by atoms with E-state index in [1.807, 2.05) is 6.92 Å². The van der Waals surface area contributed by atoms with Crippen LogP contribution in [-0.2, 0) is 0 Å². The van der Waals surface area contributed by atoms with Crippen LogP contribution in [-0.4, -0.2) is 67.0 Å². The molecular weight excluding hydrogens is 346 g/mol. The highest BCUT2D eigenvalue weighted by Crippen LogP contribution is 2.32. The van der Waals surface area contributed by atoms with E-state index in [0.717, 1.165) is 12.0 Å². The smallest absolute Gasteiger partial charge is 0.270 e. The van der Waals surface area contributed by atoms with E-state index in [9.17, 15) is 9.59 Å². The van der Waals surface area contributed by atoms with Gasteiger partial charge in [-0.15, -0.1) is 0 Å². The maximum Gasteiger partial charge on any atom is 0.270 e. The number of amides is 2. The van der Waals surface area contributed by atoms with Crippen LogP contribution in [0.2, 0.25) is 0 Å². The summed E-state index contributed by atoms with van der Waals surface area (Å²) < 4.78 is 10.8. The highest BCUT2D eigenvalue weighted by molar-refractivity contribution is 5.98. The zero-order valence-electron chi connectivity index (χ0n) is 15.9. The van der Waals surface area contributed by atoms with Gasteiger partial charge in [-0.2, -0.15) is 0 Å². The lowest BCUT2D eigenvalue weighted by molar-refractivity contribution is 0.0714. The molecule has 1 aromatic carbocycles. The standard InChI is InChI=1S/C20H25N3O4/c1-14-17(26-2)8-7-15(18(14)27-3)19(24)22-10-5-11-23(13-12-22)20(25)16-6-4-9-21-16/h4,6-9,21H,5,10-13H2,1-3H3. The molecule has 1 fully saturated rings. The molecule has 3 rings (SSSR count). The fourth-order valence-corrected chi connectivity index (χ4v) is 3.45. The molecule has 27 heavy (non-hydrogen) atoms. The van der Waals surface area contributed by atoms with Gasteiger partial charge in [0.05, 0.1) is 19.8 Å². The summed E-state index contributed by atoms with van der Waals surface area (Å²) in [5.41, 5.74) is 1.88. The molecule has 7 heteroatoms. The number of carbonyl (C=O) groups excluding carboxylic acids is 2. The Balaban J connectivity index is 1.75. The normalized spacial score (nSPS) is 14.6. The minimum atomic E-state index is -0.0909. The monoisotopic (exact) mass is 371 g/mol.